The third-order valence-corrected chi connectivity index (χ3v) is 5.01. The Balaban J connectivity index is 1.89. The van der Waals surface area contributed by atoms with E-state index in [2.05, 4.69) is 23.8 Å². The number of carboxylic acids is 1. The molecule has 1 N–H and O–H groups in total. The van der Waals surface area contributed by atoms with Crippen molar-refractivity contribution in [3.8, 4) is 0 Å². The van der Waals surface area contributed by atoms with E-state index in [9.17, 15) is 9.90 Å². The van der Waals surface area contributed by atoms with Gasteiger partial charge in [-0.1, -0.05) is 19.8 Å². The highest BCUT2D eigenvalue weighted by Gasteiger charge is 2.42. The highest BCUT2D eigenvalue weighted by Crippen LogP contribution is 2.39. The number of hydrogen-bond donors (Lipinski definition) is 1. The molecule has 0 aromatic heterocycles. The van der Waals surface area contributed by atoms with Gasteiger partial charge in [0.2, 0.25) is 0 Å². The van der Waals surface area contributed by atoms with Gasteiger partial charge in [0.1, 0.15) is 0 Å². The second-order valence-electron chi connectivity index (χ2n) is 6.41. The van der Waals surface area contributed by atoms with E-state index < -0.39 is 11.4 Å². The predicted octanol–water partition coefficient (Wildman–Crippen LogP) is 2.05. The van der Waals surface area contributed by atoms with Crippen molar-refractivity contribution in [2.45, 2.75) is 51.5 Å². The first kappa shape index (κ1) is 14.8. The van der Waals surface area contributed by atoms with Gasteiger partial charge in [-0.3, -0.25) is 9.69 Å². The standard InChI is InChI=1S/C15H28N2O2/c1-3-17-10-6-7-13(17)11-16(2)12-15(14(18)19)8-4-5-9-15/h13H,3-12H2,1-2H3,(H,18,19). The van der Waals surface area contributed by atoms with Gasteiger partial charge >= 0.3 is 5.97 Å². The lowest BCUT2D eigenvalue weighted by atomic mass is 9.85. The average molecular weight is 268 g/mol. The summed E-state index contributed by atoms with van der Waals surface area (Å²) in [6.45, 7) is 6.27. The predicted molar refractivity (Wildman–Crippen MR) is 76.3 cm³/mol. The Morgan fingerprint density at radius 1 is 1.37 bits per heavy atom. The molecule has 0 spiro atoms. The molecule has 0 radical (unpaired) electrons. The molecule has 0 aromatic rings. The maximum atomic E-state index is 11.6. The van der Waals surface area contributed by atoms with E-state index in [4.69, 9.17) is 0 Å². The first-order valence-corrected chi connectivity index (χ1v) is 7.73. The quantitative estimate of drug-likeness (QED) is 0.800. The Hall–Kier alpha value is -0.610. The second kappa shape index (κ2) is 6.23. The highest BCUT2D eigenvalue weighted by molar-refractivity contribution is 5.75. The first-order valence-electron chi connectivity index (χ1n) is 7.73. The van der Waals surface area contributed by atoms with Crippen LogP contribution in [0.3, 0.4) is 0 Å². The maximum absolute atomic E-state index is 11.6. The maximum Gasteiger partial charge on any atom is 0.310 e. The Labute approximate surface area is 116 Å². The molecule has 1 saturated carbocycles. The summed E-state index contributed by atoms with van der Waals surface area (Å²) in [6, 6.07) is 0.627. The smallest absolute Gasteiger partial charge is 0.310 e. The number of likely N-dealkylation sites (tertiary alicyclic amines) is 1. The summed E-state index contributed by atoms with van der Waals surface area (Å²) >= 11 is 0. The van der Waals surface area contributed by atoms with Gasteiger partial charge in [0.15, 0.2) is 0 Å². The zero-order valence-electron chi connectivity index (χ0n) is 12.4. The van der Waals surface area contributed by atoms with Crippen molar-refractivity contribution in [2.24, 2.45) is 5.41 Å². The van der Waals surface area contributed by atoms with Gasteiger partial charge in [-0.05, 0) is 45.8 Å². The topological polar surface area (TPSA) is 43.8 Å². The van der Waals surface area contributed by atoms with Crippen molar-refractivity contribution >= 4 is 5.97 Å². The molecule has 4 nitrogen and oxygen atoms in total. The molecule has 1 aliphatic heterocycles. The zero-order chi connectivity index (χ0) is 13.9. The Morgan fingerprint density at radius 3 is 2.63 bits per heavy atom. The molecule has 2 aliphatic rings. The van der Waals surface area contributed by atoms with Crippen molar-refractivity contribution in [2.75, 3.05) is 33.2 Å². The second-order valence-corrected chi connectivity index (χ2v) is 6.41. The van der Waals surface area contributed by atoms with Gasteiger partial charge in [0, 0.05) is 19.1 Å². The molecule has 4 heteroatoms. The van der Waals surface area contributed by atoms with Gasteiger partial charge in [0.25, 0.3) is 0 Å². The minimum atomic E-state index is -0.587. The van der Waals surface area contributed by atoms with E-state index in [1.807, 2.05) is 0 Å². The molecule has 0 bridgehead atoms. The van der Waals surface area contributed by atoms with E-state index in [1.54, 1.807) is 0 Å². The van der Waals surface area contributed by atoms with Crippen LogP contribution < -0.4 is 0 Å². The lowest BCUT2D eigenvalue weighted by Crippen LogP contribution is -2.45. The van der Waals surface area contributed by atoms with Crippen LogP contribution in [-0.4, -0.2) is 60.1 Å². The molecular weight excluding hydrogens is 240 g/mol. The van der Waals surface area contributed by atoms with Crippen LogP contribution in [0.5, 0.6) is 0 Å². The van der Waals surface area contributed by atoms with Crippen LogP contribution in [0, 0.1) is 5.41 Å². The molecule has 1 heterocycles. The van der Waals surface area contributed by atoms with Gasteiger partial charge in [0.05, 0.1) is 5.41 Å². The Morgan fingerprint density at radius 2 is 2.05 bits per heavy atom. The van der Waals surface area contributed by atoms with E-state index in [-0.39, 0.29) is 0 Å². The van der Waals surface area contributed by atoms with Gasteiger partial charge < -0.3 is 10.0 Å². The fraction of sp³-hybridized carbons (Fsp3) is 0.933. The number of aliphatic carboxylic acids is 1. The fourth-order valence-corrected chi connectivity index (χ4v) is 3.95. The number of hydrogen-bond acceptors (Lipinski definition) is 3. The third-order valence-electron chi connectivity index (χ3n) is 5.01. The summed E-state index contributed by atoms with van der Waals surface area (Å²) in [7, 11) is 2.09. The van der Waals surface area contributed by atoms with E-state index in [0.717, 1.165) is 45.3 Å². The molecule has 110 valence electrons. The average Bonchev–Trinajstić information content (AvgIpc) is 2.98. The molecule has 19 heavy (non-hydrogen) atoms. The van der Waals surface area contributed by atoms with Crippen molar-refractivity contribution in [3.63, 3.8) is 0 Å². The zero-order valence-corrected chi connectivity index (χ0v) is 12.4. The molecule has 1 aliphatic carbocycles. The van der Waals surface area contributed by atoms with Crippen LogP contribution in [0.4, 0.5) is 0 Å². The van der Waals surface area contributed by atoms with Crippen molar-refractivity contribution in [1.29, 1.82) is 0 Å². The number of carboxylic acid groups (broad SMARTS) is 1. The van der Waals surface area contributed by atoms with Gasteiger partial charge in [-0.2, -0.15) is 0 Å². The monoisotopic (exact) mass is 268 g/mol. The molecule has 2 fully saturated rings. The summed E-state index contributed by atoms with van der Waals surface area (Å²) < 4.78 is 0. The molecule has 2 rings (SSSR count). The summed E-state index contributed by atoms with van der Waals surface area (Å²) in [5, 5.41) is 9.53. The van der Waals surface area contributed by atoms with E-state index in [1.165, 1.54) is 19.4 Å². The number of nitrogens with zero attached hydrogens (tertiary/aromatic N) is 2. The Bertz CT molecular complexity index is 313. The fourth-order valence-electron chi connectivity index (χ4n) is 3.95. The largest absolute Gasteiger partial charge is 0.481 e. The van der Waals surface area contributed by atoms with Crippen LogP contribution in [-0.2, 0) is 4.79 Å². The molecular formula is C15H28N2O2. The number of carbonyl (C=O) groups is 1. The molecule has 1 atom stereocenters. The summed E-state index contributed by atoms with van der Waals surface area (Å²) in [5.41, 5.74) is -0.468. The van der Waals surface area contributed by atoms with E-state index in [0.29, 0.717) is 6.04 Å². The van der Waals surface area contributed by atoms with Crippen LogP contribution >= 0.6 is 0 Å². The first-order chi connectivity index (χ1) is 9.07. The van der Waals surface area contributed by atoms with Crippen LogP contribution in [0.15, 0.2) is 0 Å². The molecule has 1 saturated heterocycles. The van der Waals surface area contributed by atoms with Crippen molar-refractivity contribution < 1.29 is 9.90 Å². The summed E-state index contributed by atoms with van der Waals surface area (Å²) in [6.07, 6.45) is 6.41. The van der Waals surface area contributed by atoms with Crippen molar-refractivity contribution in [1.82, 2.24) is 9.80 Å². The van der Waals surface area contributed by atoms with Crippen LogP contribution in [0.1, 0.15) is 45.4 Å². The molecule has 0 aromatic carbocycles. The SMILES string of the molecule is CCN1CCCC1CN(C)CC1(C(=O)O)CCCC1. The van der Waals surface area contributed by atoms with Gasteiger partial charge in [-0.15, -0.1) is 0 Å². The number of rotatable bonds is 6. The van der Waals surface area contributed by atoms with Gasteiger partial charge in [-0.25, -0.2) is 0 Å². The lowest BCUT2D eigenvalue weighted by molar-refractivity contribution is -0.149. The van der Waals surface area contributed by atoms with Crippen molar-refractivity contribution in [3.05, 3.63) is 0 Å². The minimum absolute atomic E-state index is 0.468. The molecule has 1 unspecified atom stereocenters. The summed E-state index contributed by atoms with van der Waals surface area (Å²) in [5.74, 6) is -0.587. The number of likely N-dealkylation sites (N-methyl/N-ethyl adjacent to an activating group) is 2. The highest BCUT2D eigenvalue weighted by atomic mass is 16.4. The Kier molecular flexibility index (Phi) is 4.85. The van der Waals surface area contributed by atoms with E-state index >= 15 is 0 Å². The summed E-state index contributed by atoms with van der Waals surface area (Å²) in [4.78, 5) is 16.4. The molecule has 0 amide bonds. The third kappa shape index (κ3) is 3.29. The normalized spacial score (nSPS) is 27.2. The van der Waals surface area contributed by atoms with Crippen LogP contribution in [0.2, 0.25) is 0 Å². The van der Waals surface area contributed by atoms with Crippen LogP contribution in [0.25, 0.3) is 0 Å². The lowest BCUT2D eigenvalue weighted by Gasteiger charge is -2.33. The minimum Gasteiger partial charge on any atom is -0.481 e.